The lowest BCUT2D eigenvalue weighted by Crippen LogP contribution is -2.42. The number of rotatable bonds is 3. The summed E-state index contributed by atoms with van der Waals surface area (Å²) in [6.45, 7) is 3.68. The third-order valence-electron chi connectivity index (χ3n) is 3.35. The second-order valence-electron chi connectivity index (χ2n) is 4.92. The first-order valence-electron chi connectivity index (χ1n) is 6.40. The molecule has 2 N–H and O–H groups in total. The molecule has 1 aliphatic heterocycles. The molecule has 98 valence electrons. The van der Waals surface area contributed by atoms with Crippen molar-refractivity contribution >= 4 is 21.8 Å². The van der Waals surface area contributed by atoms with Crippen LogP contribution < -0.4 is 10.6 Å². The van der Waals surface area contributed by atoms with Crippen LogP contribution in [0, 0.1) is 5.92 Å². The van der Waals surface area contributed by atoms with Crippen LogP contribution in [0.1, 0.15) is 25.3 Å². The van der Waals surface area contributed by atoms with Gasteiger partial charge in [0.2, 0.25) is 5.91 Å². The predicted octanol–water partition coefficient (Wildman–Crippen LogP) is 2.45. The van der Waals surface area contributed by atoms with E-state index in [1.54, 1.807) is 0 Å². The Balaban J connectivity index is 1.84. The summed E-state index contributed by atoms with van der Waals surface area (Å²) >= 11 is 3.43. The number of hydrogen-bond donors (Lipinski definition) is 2. The Kier molecular flexibility index (Phi) is 4.78. The van der Waals surface area contributed by atoms with Crippen molar-refractivity contribution in [2.24, 2.45) is 5.92 Å². The topological polar surface area (TPSA) is 41.1 Å². The van der Waals surface area contributed by atoms with Gasteiger partial charge in [-0.1, -0.05) is 28.1 Å². The standard InChI is InChI=1S/C14H19BrN2O/c1-10-7-12(5-6-16-10)14(18)17-9-11-3-2-4-13(15)8-11/h2-4,8,10,12,16H,5-7,9H2,1H3,(H,17,18)/t10-,12-/m0/s1. The zero-order chi connectivity index (χ0) is 13.0. The van der Waals surface area contributed by atoms with E-state index < -0.39 is 0 Å². The van der Waals surface area contributed by atoms with Crippen molar-refractivity contribution in [2.75, 3.05) is 6.54 Å². The number of hydrogen-bond acceptors (Lipinski definition) is 2. The zero-order valence-electron chi connectivity index (χ0n) is 10.6. The summed E-state index contributed by atoms with van der Waals surface area (Å²) in [4.78, 5) is 12.1. The van der Waals surface area contributed by atoms with Crippen molar-refractivity contribution in [1.82, 2.24) is 10.6 Å². The maximum Gasteiger partial charge on any atom is 0.223 e. The predicted molar refractivity (Wildman–Crippen MR) is 76.2 cm³/mol. The molecule has 0 saturated carbocycles. The average molecular weight is 311 g/mol. The van der Waals surface area contributed by atoms with Crippen molar-refractivity contribution < 1.29 is 4.79 Å². The lowest BCUT2D eigenvalue weighted by molar-refractivity contribution is -0.126. The molecule has 0 aromatic heterocycles. The van der Waals surface area contributed by atoms with Gasteiger partial charge < -0.3 is 10.6 Å². The van der Waals surface area contributed by atoms with E-state index in [0.717, 1.165) is 29.4 Å². The van der Waals surface area contributed by atoms with E-state index in [0.29, 0.717) is 12.6 Å². The van der Waals surface area contributed by atoms with Crippen molar-refractivity contribution in [2.45, 2.75) is 32.4 Å². The minimum absolute atomic E-state index is 0.161. The van der Waals surface area contributed by atoms with Gasteiger partial charge in [-0.15, -0.1) is 0 Å². The number of carbonyl (C=O) groups is 1. The van der Waals surface area contributed by atoms with Crippen LogP contribution in [0.25, 0.3) is 0 Å². The van der Waals surface area contributed by atoms with E-state index >= 15 is 0 Å². The van der Waals surface area contributed by atoms with Crippen LogP contribution in [0.2, 0.25) is 0 Å². The van der Waals surface area contributed by atoms with Gasteiger partial charge in [-0.3, -0.25) is 4.79 Å². The van der Waals surface area contributed by atoms with Gasteiger partial charge in [-0.25, -0.2) is 0 Å². The second-order valence-corrected chi connectivity index (χ2v) is 5.84. The van der Waals surface area contributed by atoms with Crippen molar-refractivity contribution in [1.29, 1.82) is 0 Å². The maximum atomic E-state index is 12.1. The summed E-state index contributed by atoms with van der Waals surface area (Å²) in [5.41, 5.74) is 1.12. The molecule has 2 rings (SSSR count). The first-order chi connectivity index (χ1) is 8.65. The molecule has 1 fully saturated rings. The van der Waals surface area contributed by atoms with E-state index in [9.17, 15) is 4.79 Å². The highest BCUT2D eigenvalue weighted by molar-refractivity contribution is 9.10. The molecule has 0 aliphatic carbocycles. The molecule has 1 aromatic rings. The normalized spacial score (nSPS) is 23.7. The molecule has 18 heavy (non-hydrogen) atoms. The minimum atomic E-state index is 0.161. The first-order valence-corrected chi connectivity index (χ1v) is 7.20. The Morgan fingerprint density at radius 1 is 1.56 bits per heavy atom. The molecule has 2 atom stereocenters. The Bertz CT molecular complexity index is 422. The molecule has 0 bridgehead atoms. The molecule has 3 nitrogen and oxygen atoms in total. The highest BCUT2D eigenvalue weighted by Crippen LogP contribution is 2.16. The van der Waals surface area contributed by atoms with E-state index in [2.05, 4.69) is 33.5 Å². The molecule has 1 heterocycles. The number of amides is 1. The Labute approximate surface area is 116 Å². The number of halogens is 1. The lowest BCUT2D eigenvalue weighted by Gasteiger charge is -2.27. The highest BCUT2D eigenvalue weighted by atomic mass is 79.9. The molecule has 1 aromatic carbocycles. The maximum absolute atomic E-state index is 12.1. The molecular formula is C14H19BrN2O. The van der Waals surface area contributed by atoms with Crippen LogP contribution in [0.4, 0.5) is 0 Å². The number of carbonyl (C=O) groups excluding carboxylic acids is 1. The minimum Gasteiger partial charge on any atom is -0.352 e. The first kappa shape index (κ1) is 13.6. The Hall–Kier alpha value is -0.870. The van der Waals surface area contributed by atoms with Gasteiger partial charge in [0.25, 0.3) is 0 Å². The molecule has 4 heteroatoms. The van der Waals surface area contributed by atoms with Crippen molar-refractivity contribution in [3.8, 4) is 0 Å². The Morgan fingerprint density at radius 2 is 2.39 bits per heavy atom. The third-order valence-corrected chi connectivity index (χ3v) is 3.84. The van der Waals surface area contributed by atoms with Gasteiger partial charge in [0.05, 0.1) is 0 Å². The van der Waals surface area contributed by atoms with Crippen LogP contribution in [-0.2, 0) is 11.3 Å². The molecule has 0 unspecified atom stereocenters. The number of nitrogens with one attached hydrogen (secondary N) is 2. The monoisotopic (exact) mass is 310 g/mol. The number of benzene rings is 1. The molecule has 0 radical (unpaired) electrons. The van der Waals surface area contributed by atoms with Crippen molar-refractivity contribution in [3.63, 3.8) is 0 Å². The quantitative estimate of drug-likeness (QED) is 0.900. The summed E-state index contributed by atoms with van der Waals surface area (Å²) < 4.78 is 1.05. The lowest BCUT2D eigenvalue weighted by atomic mass is 9.92. The highest BCUT2D eigenvalue weighted by Gasteiger charge is 2.24. The van der Waals surface area contributed by atoms with Crippen LogP contribution >= 0.6 is 15.9 Å². The number of piperidine rings is 1. The summed E-state index contributed by atoms with van der Waals surface area (Å²) in [5, 5.41) is 6.39. The van der Waals surface area contributed by atoms with E-state index in [1.807, 2.05) is 24.3 Å². The molecule has 1 saturated heterocycles. The fourth-order valence-electron chi connectivity index (χ4n) is 2.35. The smallest absolute Gasteiger partial charge is 0.223 e. The summed E-state index contributed by atoms with van der Waals surface area (Å²) in [5.74, 6) is 0.344. The summed E-state index contributed by atoms with van der Waals surface area (Å²) in [7, 11) is 0. The molecule has 0 spiro atoms. The van der Waals surface area contributed by atoms with Crippen molar-refractivity contribution in [3.05, 3.63) is 34.3 Å². The summed E-state index contributed by atoms with van der Waals surface area (Å²) in [6, 6.07) is 8.47. The van der Waals surface area contributed by atoms with Gasteiger partial charge in [0.1, 0.15) is 0 Å². The average Bonchev–Trinajstić information content (AvgIpc) is 2.36. The van der Waals surface area contributed by atoms with E-state index in [1.165, 1.54) is 0 Å². The van der Waals surface area contributed by atoms with Gasteiger partial charge in [0.15, 0.2) is 0 Å². The van der Waals surface area contributed by atoms with Gasteiger partial charge >= 0.3 is 0 Å². The van der Waals surface area contributed by atoms with E-state index in [-0.39, 0.29) is 11.8 Å². The Morgan fingerprint density at radius 3 is 3.11 bits per heavy atom. The molecule has 1 amide bonds. The van der Waals surface area contributed by atoms with Crippen LogP contribution in [0.3, 0.4) is 0 Å². The molecular weight excluding hydrogens is 292 g/mol. The van der Waals surface area contributed by atoms with Crippen LogP contribution in [-0.4, -0.2) is 18.5 Å². The second kappa shape index (κ2) is 6.34. The fourth-order valence-corrected chi connectivity index (χ4v) is 2.80. The largest absolute Gasteiger partial charge is 0.352 e. The van der Waals surface area contributed by atoms with Gasteiger partial charge in [-0.2, -0.15) is 0 Å². The van der Waals surface area contributed by atoms with Crippen LogP contribution in [0.5, 0.6) is 0 Å². The van der Waals surface area contributed by atoms with Crippen LogP contribution in [0.15, 0.2) is 28.7 Å². The van der Waals surface area contributed by atoms with E-state index in [4.69, 9.17) is 0 Å². The molecule has 1 aliphatic rings. The SMILES string of the molecule is C[C@H]1C[C@@H](C(=O)NCc2cccc(Br)c2)CCN1. The zero-order valence-corrected chi connectivity index (χ0v) is 12.2. The summed E-state index contributed by atoms with van der Waals surface area (Å²) in [6.07, 6.45) is 1.87. The van der Waals surface area contributed by atoms with Gasteiger partial charge in [0, 0.05) is 23.0 Å². The van der Waals surface area contributed by atoms with Gasteiger partial charge in [-0.05, 0) is 44.0 Å². The fraction of sp³-hybridized carbons (Fsp3) is 0.500. The third kappa shape index (κ3) is 3.82.